The topological polar surface area (TPSA) is 18.5 Å². The summed E-state index contributed by atoms with van der Waals surface area (Å²) < 4.78 is 11.6. The molecular formula is C13H22O2. The van der Waals surface area contributed by atoms with Crippen LogP contribution in [0.2, 0.25) is 0 Å². The molecule has 1 heterocycles. The molecule has 0 aromatic carbocycles. The highest BCUT2D eigenvalue weighted by Gasteiger charge is 2.45. The Bertz CT molecular complexity index is 268. The number of rotatable bonds is 0. The van der Waals surface area contributed by atoms with Gasteiger partial charge in [-0.15, -0.1) is 0 Å². The zero-order valence-corrected chi connectivity index (χ0v) is 10.3. The summed E-state index contributed by atoms with van der Waals surface area (Å²) in [6, 6.07) is 0. The third kappa shape index (κ3) is 2.11. The lowest BCUT2D eigenvalue weighted by molar-refractivity contribution is -0.284. The highest BCUT2D eigenvalue weighted by Crippen LogP contribution is 2.48. The lowest BCUT2D eigenvalue weighted by Gasteiger charge is -2.41. The first-order valence-corrected chi connectivity index (χ1v) is 5.89. The third-order valence-electron chi connectivity index (χ3n) is 3.77. The maximum absolute atomic E-state index is 5.79. The third-order valence-corrected chi connectivity index (χ3v) is 3.77. The molecule has 86 valence electrons. The Kier molecular flexibility index (Phi) is 2.68. The van der Waals surface area contributed by atoms with Crippen LogP contribution in [0.25, 0.3) is 0 Å². The number of ether oxygens (including phenoxy) is 2. The van der Waals surface area contributed by atoms with Crippen LogP contribution in [-0.4, -0.2) is 19.0 Å². The smallest absolute Gasteiger partial charge is 0.162 e. The zero-order chi connectivity index (χ0) is 11.1. The summed E-state index contributed by atoms with van der Waals surface area (Å²) >= 11 is 0. The minimum absolute atomic E-state index is 0.261. The Labute approximate surface area is 92.6 Å². The van der Waals surface area contributed by atoms with Gasteiger partial charge in [-0.1, -0.05) is 18.6 Å². The van der Waals surface area contributed by atoms with Crippen molar-refractivity contribution in [3.63, 3.8) is 0 Å². The molecule has 1 aliphatic carbocycles. The van der Waals surface area contributed by atoms with E-state index in [2.05, 4.69) is 19.9 Å². The maximum Gasteiger partial charge on any atom is 0.162 e. The van der Waals surface area contributed by atoms with Crippen molar-refractivity contribution in [1.82, 2.24) is 0 Å². The van der Waals surface area contributed by atoms with Gasteiger partial charge in [0.25, 0.3) is 0 Å². The largest absolute Gasteiger partial charge is 0.350 e. The molecule has 15 heavy (non-hydrogen) atoms. The Hall–Kier alpha value is -0.340. The molecule has 2 aliphatic rings. The molecule has 1 saturated heterocycles. The Balaban J connectivity index is 2.06. The molecule has 1 saturated carbocycles. The van der Waals surface area contributed by atoms with Gasteiger partial charge in [0.05, 0.1) is 13.2 Å². The summed E-state index contributed by atoms with van der Waals surface area (Å²) in [6.45, 7) is 10.1. The van der Waals surface area contributed by atoms with Crippen LogP contribution in [0.4, 0.5) is 0 Å². The molecule has 0 amide bonds. The fraction of sp³-hybridized carbons (Fsp3) is 0.846. The number of allylic oxidation sites excluding steroid dienone is 2. The molecule has 2 heteroatoms. The Morgan fingerprint density at radius 1 is 1.27 bits per heavy atom. The minimum Gasteiger partial charge on any atom is -0.350 e. The molecule has 0 N–H and O–H groups in total. The SMILES string of the molecule is CC=C1CC2(COC(C)(C)OC2)CC1C. The normalized spacial score (nSPS) is 36.3. The second kappa shape index (κ2) is 3.60. The van der Waals surface area contributed by atoms with Crippen LogP contribution in [0, 0.1) is 11.3 Å². The van der Waals surface area contributed by atoms with Crippen LogP contribution >= 0.6 is 0 Å². The summed E-state index contributed by atoms with van der Waals surface area (Å²) in [5, 5.41) is 0. The van der Waals surface area contributed by atoms with Crippen molar-refractivity contribution in [3.8, 4) is 0 Å². The predicted octanol–water partition coefficient (Wildman–Crippen LogP) is 3.13. The Morgan fingerprint density at radius 3 is 2.33 bits per heavy atom. The van der Waals surface area contributed by atoms with E-state index < -0.39 is 0 Å². The molecule has 2 rings (SSSR count). The zero-order valence-electron chi connectivity index (χ0n) is 10.3. The molecule has 0 aromatic heterocycles. The van der Waals surface area contributed by atoms with Crippen LogP contribution in [-0.2, 0) is 9.47 Å². The highest BCUT2D eigenvalue weighted by atomic mass is 16.7. The van der Waals surface area contributed by atoms with Crippen LogP contribution < -0.4 is 0 Å². The average Bonchev–Trinajstić information content (AvgIpc) is 2.49. The molecule has 1 spiro atoms. The maximum atomic E-state index is 5.79. The molecular weight excluding hydrogens is 188 g/mol. The lowest BCUT2D eigenvalue weighted by Crippen LogP contribution is -2.45. The first-order chi connectivity index (χ1) is 6.96. The van der Waals surface area contributed by atoms with Gasteiger partial charge >= 0.3 is 0 Å². The van der Waals surface area contributed by atoms with E-state index in [1.807, 2.05) is 13.8 Å². The fourth-order valence-electron chi connectivity index (χ4n) is 2.80. The first-order valence-electron chi connectivity index (χ1n) is 5.89. The van der Waals surface area contributed by atoms with Gasteiger partial charge < -0.3 is 9.47 Å². The fourth-order valence-corrected chi connectivity index (χ4v) is 2.80. The van der Waals surface area contributed by atoms with Crippen molar-refractivity contribution in [2.75, 3.05) is 13.2 Å². The molecule has 0 aromatic rings. The van der Waals surface area contributed by atoms with Crippen LogP contribution in [0.1, 0.15) is 40.5 Å². The predicted molar refractivity (Wildman–Crippen MR) is 60.6 cm³/mol. The van der Waals surface area contributed by atoms with E-state index in [4.69, 9.17) is 9.47 Å². The van der Waals surface area contributed by atoms with Gasteiger partial charge in [0, 0.05) is 5.41 Å². The number of hydrogen-bond acceptors (Lipinski definition) is 2. The van der Waals surface area contributed by atoms with Crippen molar-refractivity contribution >= 4 is 0 Å². The van der Waals surface area contributed by atoms with Gasteiger partial charge in [0.15, 0.2) is 5.79 Å². The van der Waals surface area contributed by atoms with E-state index in [1.54, 1.807) is 5.57 Å². The van der Waals surface area contributed by atoms with Crippen LogP contribution in [0.15, 0.2) is 11.6 Å². The van der Waals surface area contributed by atoms with E-state index >= 15 is 0 Å². The van der Waals surface area contributed by atoms with Crippen molar-refractivity contribution in [3.05, 3.63) is 11.6 Å². The van der Waals surface area contributed by atoms with Gasteiger partial charge in [0.1, 0.15) is 0 Å². The van der Waals surface area contributed by atoms with E-state index in [0.717, 1.165) is 19.6 Å². The minimum atomic E-state index is -0.382. The summed E-state index contributed by atoms with van der Waals surface area (Å²) in [4.78, 5) is 0. The van der Waals surface area contributed by atoms with Crippen LogP contribution in [0.3, 0.4) is 0 Å². The van der Waals surface area contributed by atoms with E-state index in [-0.39, 0.29) is 11.2 Å². The summed E-state index contributed by atoms with van der Waals surface area (Å²) in [5.41, 5.74) is 1.83. The quantitative estimate of drug-likeness (QED) is 0.572. The molecule has 2 fully saturated rings. The monoisotopic (exact) mass is 210 g/mol. The summed E-state index contributed by atoms with van der Waals surface area (Å²) in [7, 11) is 0. The average molecular weight is 210 g/mol. The number of hydrogen-bond donors (Lipinski definition) is 0. The molecule has 1 unspecified atom stereocenters. The van der Waals surface area contributed by atoms with Gasteiger partial charge in [0.2, 0.25) is 0 Å². The summed E-state index contributed by atoms with van der Waals surface area (Å²) in [5.74, 6) is 0.316. The van der Waals surface area contributed by atoms with E-state index in [0.29, 0.717) is 5.92 Å². The Morgan fingerprint density at radius 2 is 1.87 bits per heavy atom. The van der Waals surface area contributed by atoms with Crippen molar-refractivity contribution < 1.29 is 9.47 Å². The first kappa shape index (κ1) is 11.2. The molecule has 0 radical (unpaired) electrons. The molecule has 2 nitrogen and oxygen atoms in total. The van der Waals surface area contributed by atoms with Gasteiger partial charge in [-0.05, 0) is 39.5 Å². The lowest BCUT2D eigenvalue weighted by atomic mass is 9.86. The van der Waals surface area contributed by atoms with Crippen LogP contribution in [0.5, 0.6) is 0 Å². The second-order valence-corrected chi connectivity index (χ2v) is 5.62. The van der Waals surface area contributed by atoms with Gasteiger partial charge in [-0.3, -0.25) is 0 Å². The van der Waals surface area contributed by atoms with Crippen molar-refractivity contribution in [2.45, 2.75) is 46.3 Å². The van der Waals surface area contributed by atoms with Gasteiger partial charge in [-0.25, -0.2) is 0 Å². The van der Waals surface area contributed by atoms with Crippen molar-refractivity contribution in [2.24, 2.45) is 11.3 Å². The van der Waals surface area contributed by atoms with E-state index in [1.165, 1.54) is 6.42 Å². The highest BCUT2D eigenvalue weighted by molar-refractivity contribution is 5.16. The molecule has 0 bridgehead atoms. The standard InChI is InChI=1S/C13H22O2/c1-5-11-7-13(6-10(11)2)8-14-12(3,4)15-9-13/h5,10H,6-9H2,1-4H3. The summed E-state index contributed by atoms with van der Waals surface area (Å²) in [6.07, 6.45) is 4.63. The molecule has 1 atom stereocenters. The van der Waals surface area contributed by atoms with Gasteiger partial charge in [-0.2, -0.15) is 0 Å². The molecule has 1 aliphatic heterocycles. The van der Waals surface area contributed by atoms with Crippen molar-refractivity contribution in [1.29, 1.82) is 0 Å². The second-order valence-electron chi connectivity index (χ2n) is 5.62. The van der Waals surface area contributed by atoms with E-state index in [9.17, 15) is 0 Å².